The highest BCUT2D eigenvalue weighted by molar-refractivity contribution is 5.81. The number of carbonyl (C=O) groups excluding carboxylic acids is 2. The standard InChI is InChI=1S/C20H26N2O4/c1-25-8-7-22-17-11-21(12-18(17)26-13-20(22)24)19(23)10-14-5-6-15-3-2-4-16(15)9-14/h5-6,9,17-18H,2-4,7-8,10-13H2,1H3/t17-,18-/m0/s1. The first-order chi connectivity index (χ1) is 12.7. The van der Waals surface area contributed by atoms with Crippen molar-refractivity contribution >= 4 is 11.8 Å². The normalized spacial score (nSPS) is 24.7. The summed E-state index contributed by atoms with van der Waals surface area (Å²) >= 11 is 0. The maximum atomic E-state index is 12.8. The molecule has 2 amide bonds. The Morgan fingerprint density at radius 3 is 2.96 bits per heavy atom. The molecular formula is C20H26N2O4. The van der Waals surface area contributed by atoms with E-state index in [1.54, 1.807) is 7.11 Å². The maximum Gasteiger partial charge on any atom is 0.249 e. The number of aryl methyl sites for hydroxylation is 2. The second kappa shape index (κ2) is 7.37. The van der Waals surface area contributed by atoms with Gasteiger partial charge in [-0.05, 0) is 36.0 Å². The third-order valence-corrected chi connectivity index (χ3v) is 5.79. The van der Waals surface area contributed by atoms with Crippen LogP contribution in [0.4, 0.5) is 0 Å². The van der Waals surface area contributed by atoms with Crippen LogP contribution in [0.25, 0.3) is 0 Å². The van der Waals surface area contributed by atoms with Crippen LogP contribution < -0.4 is 0 Å². The van der Waals surface area contributed by atoms with Gasteiger partial charge in [-0.1, -0.05) is 18.2 Å². The van der Waals surface area contributed by atoms with Crippen molar-refractivity contribution in [3.8, 4) is 0 Å². The van der Waals surface area contributed by atoms with Gasteiger partial charge in [0.05, 0.1) is 25.2 Å². The molecule has 2 heterocycles. The van der Waals surface area contributed by atoms with Crippen LogP contribution >= 0.6 is 0 Å². The summed E-state index contributed by atoms with van der Waals surface area (Å²) in [7, 11) is 1.63. The molecule has 1 aliphatic carbocycles. The lowest BCUT2D eigenvalue weighted by Crippen LogP contribution is -2.54. The van der Waals surface area contributed by atoms with Gasteiger partial charge in [-0.15, -0.1) is 0 Å². The lowest BCUT2D eigenvalue weighted by molar-refractivity contribution is -0.153. The average Bonchev–Trinajstić information content (AvgIpc) is 3.27. The molecule has 0 radical (unpaired) electrons. The number of hydrogen-bond donors (Lipinski definition) is 0. The van der Waals surface area contributed by atoms with E-state index < -0.39 is 0 Å². The van der Waals surface area contributed by atoms with E-state index in [9.17, 15) is 9.59 Å². The maximum absolute atomic E-state index is 12.8. The number of likely N-dealkylation sites (tertiary alicyclic amines) is 1. The molecule has 0 spiro atoms. The molecule has 2 atom stereocenters. The van der Waals surface area contributed by atoms with Crippen molar-refractivity contribution in [1.29, 1.82) is 0 Å². The largest absolute Gasteiger partial charge is 0.383 e. The number of ether oxygens (including phenoxy) is 2. The first-order valence-corrected chi connectivity index (χ1v) is 9.44. The van der Waals surface area contributed by atoms with Gasteiger partial charge in [0.25, 0.3) is 0 Å². The fraction of sp³-hybridized carbons (Fsp3) is 0.600. The number of morpholine rings is 1. The van der Waals surface area contributed by atoms with E-state index in [0.29, 0.717) is 32.7 Å². The first-order valence-electron chi connectivity index (χ1n) is 9.44. The van der Waals surface area contributed by atoms with Gasteiger partial charge in [0, 0.05) is 26.7 Å². The molecule has 0 bridgehead atoms. The Balaban J connectivity index is 1.41. The molecule has 1 aromatic rings. The smallest absolute Gasteiger partial charge is 0.249 e. The molecule has 26 heavy (non-hydrogen) atoms. The molecule has 1 aromatic carbocycles. The molecular weight excluding hydrogens is 332 g/mol. The summed E-state index contributed by atoms with van der Waals surface area (Å²) in [6.07, 6.45) is 3.81. The van der Waals surface area contributed by atoms with E-state index in [-0.39, 0.29) is 30.6 Å². The van der Waals surface area contributed by atoms with Crippen LogP contribution in [0, 0.1) is 0 Å². The Bertz CT molecular complexity index is 705. The molecule has 2 fully saturated rings. The topological polar surface area (TPSA) is 59.1 Å². The molecule has 2 aliphatic heterocycles. The number of carbonyl (C=O) groups is 2. The van der Waals surface area contributed by atoms with E-state index in [1.807, 2.05) is 9.80 Å². The quantitative estimate of drug-likeness (QED) is 0.781. The van der Waals surface area contributed by atoms with Crippen molar-refractivity contribution in [3.05, 3.63) is 34.9 Å². The minimum Gasteiger partial charge on any atom is -0.383 e. The zero-order valence-corrected chi connectivity index (χ0v) is 15.3. The summed E-state index contributed by atoms with van der Waals surface area (Å²) in [5, 5.41) is 0. The Morgan fingerprint density at radius 1 is 1.27 bits per heavy atom. The second-order valence-electron chi connectivity index (χ2n) is 7.43. The average molecular weight is 358 g/mol. The fourth-order valence-electron chi connectivity index (χ4n) is 4.37. The SMILES string of the molecule is COCCN1C(=O)CO[C@H]2CN(C(=O)Cc3ccc4c(c3)CCC4)C[C@@H]21. The highest BCUT2D eigenvalue weighted by Crippen LogP contribution is 2.26. The summed E-state index contributed by atoms with van der Waals surface area (Å²) < 4.78 is 10.8. The number of methoxy groups -OCH3 is 1. The molecule has 2 saturated heterocycles. The number of fused-ring (bicyclic) bond motifs is 2. The van der Waals surface area contributed by atoms with Crippen molar-refractivity contribution < 1.29 is 19.1 Å². The third-order valence-electron chi connectivity index (χ3n) is 5.79. The van der Waals surface area contributed by atoms with Crippen LogP contribution in [0.5, 0.6) is 0 Å². The van der Waals surface area contributed by atoms with E-state index in [0.717, 1.165) is 18.4 Å². The molecule has 6 heteroatoms. The molecule has 0 saturated carbocycles. The number of amides is 2. The predicted octanol–water partition coefficient (Wildman–Crippen LogP) is 0.802. The van der Waals surface area contributed by atoms with Gasteiger partial charge in [-0.25, -0.2) is 0 Å². The summed E-state index contributed by atoms with van der Waals surface area (Å²) in [5.74, 6) is 0.0938. The van der Waals surface area contributed by atoms with Crippen LogP contribution in [-0.2, 0) is 38.3 Å². The Kier molecular flexibility index (Phi) is 4.96. The van der Waals surface area contributed by atoms with Crippen LogP contribution in [-0.4, -0.2) is 73.7 Å². The van der Waals surface area contributed by atoms with Crippen LogP contribution in [0.2, 0.25) is 0 Å². The monoisotopic (exact) mass is 358 g/mol. The highest BCUT2D eigenvalue weighted by Gasteiger charge is 2.44. The van der Waals surface area contributed by atoms with Crippen LogP contribution in [0.15, 0.2) is 18.2 Å². The van der Waals surface area contributed by atoms with E-state index in [2.05, 4.69) is 18.2 Å². The fourth-order valence-corrected chi connectivity index (χ4v) is 4.37. The second-order valence-corrected chi connectivity index (χ2v) is 7.43. The summed E-state index contributed by atoms with van der Waals surface area (Å²) in [6.45, 7) is 2.25. The van der Waals surface area contributed by atoms with E-state index in [4.69, 9.17) is 9.47 Å². The molecule has 4 rings (SSSR count). The van der Waals surface area contributed by atoms with Crippen molar-refractivity contribution in [2.45, 2.75) is 37.8 Å². The number of benzene rings is 1. The Hall–Kier alpha value is -1.92. The third kappa shape index (κ3) is 3.35. The van der Waals surface area contributed by atoms with E-state index >= 15 is 0 Å². The van der Waals surface area contributed by atoms with Crippen molar-refractivity contribution in [3.63, 3.8) is 0 Å². The van der Waals surface area contributed by atoms with E-state index in [1.165, 1.54) is 17.5 Å². The molecule has 3 aliphatic rings. The molecule has 6 nitrogen and oxygen atoms in total. The minimum atomic E-state index is -0.0893. The zero-order valence-electron chi connectivity index (χ0n) is 15.3. The first kappa shape index (κ1) is 17.5. The van der Waals surface area contributed by atoms with Crippen LogP contribution in [0.3, 0.4) is 0 Å². The number of hydrogen-bond acceptors (Lipinski definition) is 4. The van der Waals surface area contributed by atoms with Gasteiger partial charge in [-0.2, -0.15) is 0 Å². The molecule has 0 unspecified atom stereocenters. The zero-order chi connectivity index (χ0) is 18.1. The predicted molar refractivity (Wildman–Crippen MR) is 95.9 cm³/mol. The van der Waals surface area contributed by atoms with Gasteiger partial charge in [-0.3, -0.25) is 9.59 Å². The lowest BCUT2D eigenvalue weighted by Gasteiger charge is -2.36. The molecule has 140 valence electrons. The minimum absolute atomic E-state index is 0.0174. The van der Waals surface area contributed by atoms with Crippen molar-refractivity contribution in [1.82, 2.24) is 9.80 Å². The number of nitrogens with zero attached hydrogens (tertiary/aromatic N) is 2. The van der Waals surface area contributed by atoms with Crippen molar-refractivity contribution in [2.24, 2.45) is 0 Å². The Morgan fingerprint density at radius 2 is 2.12 bits per heavy atom. The van der Waals surface area contributed by atoms with Crippen LogP contribution in [0.1, 0.15) is 23.1 Å². The Labute approximate surface area is 154 Å². The summed E-state index contributed by atoms with van der Waals surface area (Å²) in [6, 6.07) is 6.38. The van der Waals surface area contributed by atoms with Gasteiger partial charge in [0.1, 0.15) is 6.61 Å². The lowest BCUT2D eigenvalue weighted by atomic mass is 10.0. The van der Waals surface area contributed by atoms with Gasteiger partial charge < -0.3 is 19.3 Å². The van der Waals surface area contributed by atoms with Gasteiger partial charge in [0.2, 0.25) is 11.8 Å². The van der Waals surface area contributed by atoms with Gasteiger partial charge >= 0.3 is 0 Å². The highest BCUT2D eigenvalue weighted by atomic mass is 16.5. The van der Waals surface area contributed by atoms with Gasteiger partial charge in [0.15, 0.2) is 0 Å². The molecule has 0 aromatic heterocycles. The summed E-state index contributed by atoms with van der Waals surface area (Å²) in [4.78, 5) is 28.6. The summed E-state index contributed by atoms with van der Waals surface area (Å²) in [5.41, 5.74) is 3.90. The number of rotatable bonds is 5. The van der Waals surface area contributed by atoms with Crippen molar-refractivity contribution in [2.75, 3.05) is 40.0 Å². The molecule has 0 N–H and O–H groups in total.